The maximum absolute atomic E-state index is 14.7. The summed E-state index contributed by atoms with van der Waals surface area (Å²) >= 11 is 1.26. The second-order valence-electron chi connectivity index (χ2n) is 7.06. The molecule has 7 nitrogen and oxygen atoms in total. The minimum atomic E-state index is -0.987. The van der Waals surface area contributed by atoms with Gasteiger partial charge in [0.05, 0.1) is 17.7 Å². The molecular weight excluding hydrogens is 405 g/mol. The van der Waals surface area contributed by atoms with Gasteiger partial charge in [-0.15, -0.1) is 0 Å². The molecular formula is C21H20FN5O2S. The van der Waals surface area contributed by atoms with Gasteiger partial charge < -0.3 is 16.2 Å². The lowest BCUT2D eigenvalue weighted by Gasteiger charge is -2.32. The van der Waals surface area contributed by atoms with E-state index in [-0.39, 0.29) is 23.0 Å². The number of aromatic nitrogens is 1. The molecule has 154 valence electrons. The molecule has 1 aliphatic heterocycles. The number of thioether (sulfide) groups is 1. The number of nitriles is 1. The van der Waals surface area contributed by atoms with Gasteiger partial charge in [0.15, 0.2) is 5.17 Å². The number of halogens is 1. The van der Waals surface area contributed by atoms with Crippen molar-refractivity contribution >= 4 is 28.5 Å². The molecule has 4 N–H and O–H groups in total. The van der Waals surface area contributed by atoms with E-state index in [1.165, 1.54) is 48.3 Å². The molecule has 0 unspecified atom stereocenters. The van der Waals surface area contributed by atoms with Gasteiger partial charge in [-0.2, -0.15) is 5.26 Å². The van der Waals surface area contributed by atoms with Crippen LogP contribution in [-0.4, -0.2) is 27.8 Å². The van der Waals surface area contributed by atoms with E-state index in [2.05, 4.69) is 15.3 Å². The number of nitrogens with two attached hydrogens (primary N) is 1. The van der Waals surface area contributed by atoms with Crippen LogP contribution in [0.4, 0.5) is 10.1 Å². The number of benzene rings is 1. The Labute approximate surface area is 177 Å². The number of rotatable bonds is 4. The first-order chi connectivity index (χ1) is 14.3. The van der Waals surface area contributed by atoms with Crippen molar-refractivity contribution in [3.05, 3.63) is 69.6 Å². The standard InChI is InChI=1S/C21H20FN5O2S/c1-12(11-28)18-8-21(2,27-20(24)30-18)15-7-14(4-5-16(15)22)26-19(29)17-6-3-13(9-23)10-25-17/h3-7,10,28H,8,11H2,1-2H3,(H2,24,27)(H,26,29)/b18-12-/t21-/m0/s1. The fourth-order valence-electron chi connectivity index (χ4n) is 3.07. The fourth-order valence-corrected chi connectivity index (χ4v) is 4.16. The molecule has 0 aliphatic carbocycles. The summed E-state index contributed by atoms with van der Waals surface area (Å²) in [6, 6.07) is 9.11. The van der Waals surface area contributed by atoms with Crippen molar-refractivity contribution in [3.8, 4) is 6.07 Å². The Kier molecular flexibility index (Phi) is 6.20. The molecule has 0 saturated heterocycles. The Morgan fingerprint density at radius 3 is 2.83 bits per heavy atom. The third-order valence-corrected chi connectivity index (χ3v) is 5.77. The molecule has 1 amide bonds. The highest BCUT2D eigenvalue weighted by Crippen LogP contribution is 2.43. The lowest BCUT2D eigenvalue weighted by molar-refractivity contribution is 0.102. The van der Waals surface area contributed by atoms with E-state index in [0.717, 1.165) is 10.5 Å². The van der Waals surface area contributed by atoms with E-state index in [1.807, 2.05) is 6.07 Å². The number of hydrogen-bond donors (Lipinski definition) is 3. The maximum atomic E-state index is 14.7. The zero-order valence-corrected chi connectivity index (χ0v) is 17.3. The lowest BCUT2D eigenvalue weighted by atomic mass is 9.87. The number of aliphatic imine (C=N–C) groups is 1. The van der Waals surface area contributed by atoms with E-state index >= 15 is 0 Å². The molecule has 2 aromatic rings. The molecule has 2 heterocycles. The van der Waals surface area contributed by atoms with E-state index in [1.54, 1.807) is 13.8 Å². The molecule has 1 aliphatic rings. The molecule has 1 atom stereocenters. The summed E-state index contributed by atoms with van der Waals surface area (Å²) in [6.45, 7) is 3.43. The molecule has 0 saturated carbocycles. The zero-order chi connectivity index (χ0) is 21.9. The Morgan fingerprint density at radius 1 is 1.43 bits per heavy atom. The Hall–Kier alpha value is -3.22. The van der Waals surface area contributed by atoms with Crippen molar-refractivity contribution in [1.29, 1.82) is 5.26 Å². The first-order valence-electron chi connectivity index (χ1n) is 9.06. The van der Waals surface area contributed by atoms with Crippen LogP contribution in [0, 0.1) is 17.1 Å². The SMILES string of the molecule is C/C(CO)=C1\C[C@@](C)(c2cc(NC(=O)c3ccc(C#N)cn3)ccc2F)N=C(N)S1. The zero-order valence-electron chi connectivity index (χ0n) is 16.4. The Balaban J connectivity index is 1.92. The topological polar surface area (TPSA) is 124 Å². The number of aliphatic hydroxyl groups excluding tert-OH is 1. The highest BCUT2D eigenvalue weighted by Gasteiger charge is 2.35. The van der Waals surface area contributed by atoms with Crippen LogP contribution in [0.3, 0.4) is 0 Å². The van der Waals surface area contributed by atoms with Gasteiger partial charge in [-0.25, -0.2) is 9.37 Å². The second-order valence-corrected chi connectivity index (χ2v) is 8.17. The fraction of sp³-hybridized carbons (Fsp3) is 0.238. The summed E-state index contributed by atoms with van der Waals surface area (Å²) in [7, 11) is 0. The molecule has 3 rings (SSSR count). The number of nitrogens with zero attached hydrogens (tertiary/aromatic N) is 3. The van der Waals surface area contributed by atoms with Gasteiger partial charge in [-0.1, -0.05) is 11.8 Å². The Morgan fingerprint density at radius 2 is 2.20 bits per heavy atom. The van der Waals surface area contributed by atoms with Crippen LogP contribution in [0.1, 0.15) is 41.9 Å². The van der Waals surface area contributed by atoms with Crippen LogP contribution in [0.2, 0.25) is 0 Å². The summed E-state index contributed by atoms with van der Waals surface area (Å²) in [5.41, 5.74) is 6.86. The van der Waals surface area contributed by atoms with Gasteiger partial charge in [-0.05, 0) is 54.7 Å². The molecule has 1 aromatic heterocycles. The molecule has 0 fully saturated rings. The largest absolute Gasteiger partial charge is 0.392 e. The lowest BCUT2D eigenvalue weighted by Crippen LogP contribution is -2.29. The summed E-state index contributed by atoms with van der Waals surface area (Å²) in [5.74, 6) is -0.961. The third kappa shape index (κ3) is 4.50. The number of pyridine rings is 1. The smallest absolute Gasteiger partial charge is 0.274 e. The highest BCUT2D eigenvalue weighted by atomic mass is 32.2. The van der Waals surface area contributed by atoms with Crippen molar-refractivity contribution in [2.75, 3.05) is 11.9 Å². The van der Waals surface area contributed by atoms with E-state index in [0.29, 0.717) is 17.7 Å². The predicted octanol–water partition coefficient (Wildman–Crippen LogP) is 3.28. The van der Waals surface area contributed by atoms with Crippen LogP contribution < -0.4 is 11.1 Å². The quantitative estimate of drug-likeness (QED) is 0.690. The minimum absolute atomic E-state index is 0.123. The summed E-state index contributed by atoms with van der Waals surface area (Å²) in [4.78, 5) is 21.7. The van der Waals surface area contributed by atoms with Crippen LogP contribution in [0.5, 0.6) is 0 Å². The van der Waals surface area contributed by atoms with Crippen molar-refractivity contribution in [3.63, 3.8) is 0 Å². The van der Waals surface area contributed by atoms with Crippen LogP contribution >= 0.6 is 11.8 Å². The predicted molar refractivity (Wildman–Crippen MR) is 114 cm³/mol. The second kappa shape index (κ2) is 8.65. The van der Waals surface area contributed by atoms with Gasteiger partial charge in [0.25, 0.3) is 5.91 Å². The molecule has 0 bridgehead atoms. The van der Waals surface area contributed by atoms with E-state index < -0.39 is 17.3 Å². The number of carbonyl (C=O) groups excluding carboxylic acids is 1. The van der Waals surface area contributed by atoms with Gasteiger partial charge in [0.1, 0.15) is 17.6 Å². The number of anilines is 1. The number of aliphatic hydroxyl groups is 1. The first kappa shape index (κ1) is 21.5. The molecule has 0 spiro atoms. The van der Waals surface area contributed by atoms with Crippen molar-refractivity contribution < 1.29 is 14.3 Å². The number of nitrogens with one attached hydrogen (secondary N) is 1. The van der Waals surface area contributed by atoms with Gasteiger partial charge in [-0.3, -0.25) is 9.79 Å². The Bertz CT molecular complexity index is 1090. The van der Waals surface area contributed by atoms with Crippen molar-refractivity contribution in [1.82, 2.24) is 4.98 Å². The molecule has 30 heavy (non-hydrogen) atoms. The normalized spacial score (nSPS) is 20.2. The third-order valence-electron chi connectivity index (χ3n) is 4.73. The number of hydrogen-bond acceptors (Lipinski definition) is 7. The van der Waals surface area contributed by atoms with Crippen LogP contribution in [0.25, 0.3) is 0 Å². The average molecular weight is 425 g/mol. The van der Waals surface area contributed by atoms with Crippen molar-refractivity contribution in [2.24, 2.45) is 10.7 Å². The number of amides is 1. The van der Waals surface area contributed by atoms with Gasteiger partial charge in [0, 0.05) is 23.9 Å². The monoisotopic (exact) mass is 425 g/mol. The first-order valence-corrected chi connectivity index (χ1v) is 9.87. The van der Waals surface area contributed by atoms with Crippen LogP contribution in [-0.2, 0) is 5.54 Å². The molecule has 9 heteroatoms. The highest BCUT2D eigenvalue weighted by molar-refractivity contribution is 8.17. The minimum Gasteiger partial charge on any atom is -0.392 e. The summed E-state index contributed by atoms with van der Waals surface area (Å²) in [5, 5.41) is 21.3. The van der Waals surface area contributed by atoms with E-state index in [9.17, 15) is 14.3 Å². The van der Waals surface area contributed by atoms with Crippen LogP contribution in [0.15, 0.2) is 52.0 Å². The summed E-state index contributed by atoms with van der Waals surface area (Å²) in [6.07, 6.45) is 1.68. The maximum Gasteiger partial charge on any atom is 0.274 e. The van der Waals surface area contributed by atoms with E-state index in [4.69, 9.17) is 11.0 Å². The number of amidine groups is 1. The average Bonchev–Trinajstić information content (AvgIpc) is 2.73. The van der Waals surface area contributed by atoms with Crippen molar-refractivity contribution in [2.45, 2.75) is 25.8 Å². The molecule has 0 radical (unpaired) electrons. The van der Waals surface area contributed by atoms with Gasteiger partial charge in [0.2, 0.25) is 0 Å². The number of carbonyl (C=O) groups is 1. The van der Waals surface area contributed by atoms with Gasteiger partial charge >= 0.3 is 0 Å². The summed E-state index contributed by atoms with van der Waals surface area (Å²) < 4.78 is 14.7. The molecule has 1 aromatic carbocycles.